The molecular weight excluding hydrogens is 359 g/mol. The average Bonchev–Trinajstić information content (AvgIpc) is 3.11. The third kappa shape index (κ3) is 3.60. The van der Waals surface area contributed by atoms with E-state index in [1.807, 2.05) is 4.90 Å². The van der Waals surface area contributed by atoms with Gasteiger partial charge in [0.15, 0.2) is 0 Å². The molecular formula is C18H22ClFN4O2. The first-order chi connectivity index (χ1) is 12.1. The van der Waals surface area contributed by atoms with Crippen molar-refractivity contribution in [3.05, 3.63) is 46.0 Å². The van der Waals surface area contributed by atoms with Crippen molar-refractivity contribution in [1.29, 1.82) is 0 Å². The van der Waals surface area contributed by atoms with E-state index < -0.39 is 5.82 Å². The fourth-order valence-corrected chi connectivity index (χ4v) is 3.85. The minimum Gasteiger partial charge on any atom is -0.337 e. The predicted molar refractivity (Wildman–Crippen MR) is 101 cm³/mol. The standard InChI is InChI=1S/C18H21FN4O2.ClH/c19-12-1-2-14-15(10-17(24)21-16(14)9-12)18(25)23-6-3-13(11-23)22-7-4-20-5-8-22;/h1-2,9-10,13,20H,3-8,11H2,(H,21,24);1H. The predicted octanol–water partition coefficient (Wildman–Crippen LogP) is 1.21. The second-order valence-electron chi connectivity index (χ2n) is 6.72. The number of piperazine rings is 1. The van der Waals surface area contributed by atoms with Crippen molar-refractivity contribution in [2.75, 3.05) is 39.3 Å². The van der Waals surface area contributed by atoms with Crippen LogP contribution in [0.2, 0.25) is 0 Å². The molecule has 2 aromatic rings. The quantitative estimate of drug-likeness (QED) is 0.821. The van der Waals surface area contributed by atoms with Gasteiger partial charge < -0.3 is 15.2 Å². The number of H-pyrrole nitrogens is 1. The van der Waals surface area contributed by atoms with Crippen LogP contribution in [0, 0.1) is 5.82 Å². The molecule has 1 atom stereocenters. The van der Waals surface area contributed by atoms with E-state index in [2.05, 4.69) is 15.2 Å². The van der Waals surface area contributed by atoms with E-state index in [0.29, 0.717) is 35.6 Å². The number of rotatable bonds is 2. The van der Waals surface area contributed by atoms with Gasteiger partial charge in [-0.1, -0.05) is 0 Å². The maximum atomic E-state index is 13.4. The first-order valence-corrected chi connectivity index (χ1v) is 8.68. The summed E-state index contributed by atoms with van der Waals surface area (Å²) in [7, 11) is 0. The fourth-order valence-electron chi connectivity index (χ4n) is 3.85. The number of hydrogen-bond acceptors (Lipinski definition) is 4. The first-order valence-electron chi connectivity index (χ1n) is 8.68. The number of amides is 1. The summed E-state index contributed by atoms with van der Waals surface area (Å²) in [6, 6.07) is 5.81. The maximum Gasteiger partial charge on any atom is 0.254 e. The molecule has 6 nitrogen and oxygen atoms in total. The van der Waals surface area contributed by atoms with E-state index in [0.717, 1.165) is 32.6 Å². The van der Waals surface area contributed by atoms with Crippen molar-refractivity contribution in [3.63, 3.8) is 0 Å². The highest BCUT2D eigenvalue weighted by atomic mass is 35.5. The Hall–Kier alpha value is -1.96. The van der Waals surface area contributed by atoms with E-state index in [1.54, 1.807) is 6.07 Å². The normalized spacial score (nSPS) is 21.0. The molecule has 0 radical (unpaired) electrons. The topological polar surface area (TPSA) is 68.4 Å². The molecule has 2 aliphatic rings. The number of halogens is 2. The van der Waals surface area contributed by atoms with Gasteiger partial charge >= 0.3 is 0 Å². The molecule has 4 rings (SSSR count). The van der Waals surface area contributed by atoms with Crippen LogP contribution in [0.1, 0.15) is 16.8 Å². The number of benzene rings is 1. The molecule has 26 heavy (non-hydrogen) atoms. The van der Waals surface area contributed by atoms with Crippen LogP contribution in [0.3, 0.4) is 0 Å². The minimum atomic E-state index is -0.437. The van der Waals surface area contributed by atoms with Crippen molar-refractivity contribution in [2.45, 2.75) is 12.5 Å². The van der Waals surface area contributed by atoms with E-state index in [1.165, 1.54) is 18.2 Å². The minimum absolute atomic E-state index is 0. The number of hydrogen-bond donors (Lipinski definition) is 2. The Morgan fingerprint density at radius 3 is 2.69 bits per heavy atom. The summed E-state index contributed by atoms with van der Waals surface area (Å²) in [5, 5.41) is 3.92. The largest absolute Gasteiger partial charge is 0.337 e. The third-order valence-electron chi connectivity index (χ3n) is 5.15. The van der Waals surface area contributed by atoms with Crippen molar-refractivity contribution in [2.24, 2.45) is 0 Å². The van der Waals surface area contributed by atoms with Gasteiger partial charge in [0.1, 0.15) is 5.82 Å². The zero-order chi connectivity index (χ0) is 17.4. The number of pyridine rings is 1. The Bertz CT molecular complexity index is 866. The molecule has 2 saturated heterocycles. The van der Waals surface area contributed by atoms with Gasteiger partial charge in [0, 0.05) is 56.8 Å². The Kier molecular flexibility index (Phi) is 5.60. The maximum absolute atomic E-state index is 13.4. The van der Waals surface area contributed by atoms with E-state index in [-0.39, 0.29) is 23.9 Å². The van der Waals surface area contributed by atoms with E-state index >= 15 is 0 Å². The number of likely N-dealkylation sites (tertiary alicyclic amines) is 1. The first kappa shape index (κ1) is 18.8. The van der Waals surface area contributed by atoms with Crippen LogP contribution in [-0.2, 0) is 0 Å². The Morgan fingerprint density at radius 1 is 1.15 bits per heavy atom. The van der Waals surface area contributed by atoms with Gasteiger partial charge in [0.2, 0.25) is 5.56 Å². The molecule has 140 valence electrons. The van der Waals surface area contributed by atoms with E-state index in [4.69, 9.17) is 0 Å². The summed E-state index contributed by atoms with van der Waals surface area (Å²) in [5.74, 6) is -0.590. The van der Waals surface area contributed by atoms with Crippen LogP contribution < -0.4 is 10.9 Å². The smallest absolute Gasteiger partial charge is 0.254 e. The summed E-state index contributed by atoms with van der Waals surface area (Å²) in [4.78, 5) is 31.7. The van der Waals surface area contributed by atoms with Gasteiger partial charge in [-0.2, -0.15) is 0 Å². The lowest BCUT2D eigenvalue weighted by Crippen LogP contribution is -2.49. The zero-order valence-electron chi connectivity index (χ0n) is 14.3. The molecule has 2 aliphatic heterocycles. The number of aromatic nitrogens is 1. The number of fused-ring (bicyclic) bond motifs is 1. The van der Waals surface area contributed by atoms with E-state index in [9.17, 15) is 14.0 Å². The second kappa shape index (κ2) is 7.73. The molecule has 1 amide bonds. The molecule has 1 aromatic heterocycles. The van der Waals surface area contributed by atoms with Crippen LogP contribution >= 0.6 is 12.4 Å². The van der Waals surface area contributed by atoms with Crippen LogP contribution in [0.5, 0.6) is 0 Å². The number of carbonyl (C=O) groups is 1. The average molecular weight is 381 g/mol. The van der Waals surface area contributed by atoms with Gasteiger partial charge in [-0.15, -0.1) is 12.4 Å². The molecule has 0 aliphatic carbocycles. The number of carbonyl (C=O) groups excluding carboxylic acids is 1. The summed E-state index contributed by atoms with van der Waals surface area (Å²) < 4.78 is 13.4. The summed E-state index contributed by atoms with van der Waals surface area (Å²) >= 11 is 0. The zero-order valence-corrected chi connectivity index (χ0v) is 15.2. The molecule has 0 bridgehead atoms. The Labute approximate surface area is 156 Å². The molecule has 0 saturated carbocycles. The monoisotopic (exact) mass is 380 g/mol. The molecule has 0 spiro atoms. The van der Waals surface area contributed by atoms with Crippen molar-refractivity contribution < 1.29 is 9.18 Å². The molecule has 3 heterocycles. The van der Waals surface area contributed by atoms with Crippen molar-refractivity contribution in [3.8, 4) is 0 Å². The number of aromatic amines is 1. The summed E-state index contributed by atoms with van der Waals surface area (Å²) in [6.45, 7) is 5.32. The van der Waals surface area contributed by atoms with Crippen LogP contribution in [-0.4, -0.2) is 66.0 Å². The van der Waals surface area contributed by atoms with Gasteiger partial charge in [-0.05, 0) is 24.6 Å². The van der Waals surface area contributed by atoms with Crippen LogP contribution in [0.25, 0.3) is 10.9 Å². The summed E-state index contributed by atoms with van der Waals surface area (Å²) in [5.41, 5.74) is 0.313. The third-order valence-corrected chi connectivity index (χ3v) is 5.15. The van der Waals surface area contributed by atoms with Gasteiger partial charge in [-0.25, -0.2) is 4.39 Å². The number of nitrogens with one attached hydrogen (secondary N) is 2. The highest BCUT2D eigenvalue weighted by Crippen LogP contribution is 2.22. The van der Waals surface area contributed by atoms with Crippen LogP contribution in [0.15, 0.2) is 29.1 Å². The molecule has 1 aromatic carbocycles. The van der Waals surface area contributed by atoms with Crippen LogP contribution in [0.4, 0.5) is 4.39 Å². The molecule has 8 heteroatoms. The number of nitrogens with zero attached hydrogens (tertiary/aromatic N) is 2. The van der Waals surface area contributed by atoms with Gasteiger partial charge in [-0.3, -0.25) is 14.5 Å². The molecule has 1 unspecified atom stereocenters. The Balaban J connectivity index is 0.00000196. The molecule has 2 N–H and O–H groups in total. The molecule has 2 fully saturated rings. The summed E-state index contributed by atoms with van der Waals surface area (Å²) in [6.07, 6.45) is 0.946. The van der Waals surface area contributed by atoms with Crippen molar-refractivity contribution >= 4 is 29.2 Å². The highest BCUT2D eigenvalue weighted by Gasteiger charge is 2.32. The lowest BCUT2D eigenvalue weighted by Gasteiger charge is -2.32. The second-order valence-corrected chi connectivity index (χ2v) is 6.72. The lowest BCUT2D eigenvalue weighted by atomic mass is 10.1. The fraction of sp³-hybridized carbons (Fsp3) is 0.444. The SMILES string of the molecule is Cl.O=C(c1cc(=O)[nH]c2cc(F)ccc12)N1CCC(N2CCNCC2)C1. The lowest BCUT2D eigenvalue weighted by molar-refractivity contribution is 0.0775. The highest BCUT2D eigenvalue weighted by molar-refractivity contribution is 6.06. The Morgan fingerprint density at radius 2 is 1.92 bits per heavy atom. The van der Waals surface area contributed by atoms with Gasteiger partial charge in [0.25, 0.3) is 5.91 Å². The van der Waals surface area contributed by atoms with Crippen molar-refractivity contribution in [1.82, 2.24) is 20.1 Å². The van der Waals surface area contributed by atoms with Gasteiger partial charge in [0.05, 0.1) is 11.1 Å².